The molecule has 0 fully saturated rings. The van der Waals surface area contributed by atoms with Gasteiger partial charge in [0.2, 0.25) is 5.75 Å². The predicted molar refractivity (Wildman–Crippen MR) is 47.2 cm³/mol. The average molecular weight is 253 g/mol. The highest BCUT2D eigenvalue weighted by Gasteiger charge is 2.18. The fourth-order valence-electron chi connectivity index (χ4n) is 0.929. The van der Waals surface area contributed by atoms with E-state index in [0.29, 0.717) is 0 Å². The summed E-state index contributed by atoms with van der Waals surface area (Å²) in [6, 6.07) is 0.983. The highest BCUT2D eigenvalue weighted by molar-refractivity contribution is 9.10. The molecule has 0 aliphatic rings. The Balaban J connectivity index is 3.41. The van der Waals surface area contributed by atoms with Gasteiger partial charge in [-0.3, -0.25) is 0 Å². The largest absolute Gasteiger partial charge is 0.490 e. The highest BCUT2D eigenvalue weighted by Crippen LogP contribution is 2.36. The average Bonchev–Trinajstić information content (AvgIpc) is 2.10. The number of hydrogen-bond donors (Lipinski definition) is 0. The first-order chi connectivity index (χ1) is 6.11. The lowest BCUT2D eigenvalue weighted by atomic mass is 10.3. The summed E-state index contributed by atoms with van der Waals surface area (Å²) in [6.07, 6.45) is 0. The van der Waals surface area contributed by atoms with Gasteiger partial charge in [-0.15, -0.1) is 0 Å². The second-order valence-corrected chi connectivity index (χ2v) is 3.08. The third-order valence-corrected chi connectivity index (χ3v) is 2.07. The van der Waals surface area contributed by atoms with Crippen LogP contribution in [-0.4, -0.2) is 14.2 Å². The Kier molecular flexibility index (Phi) is 3.08. The lowest BCUT2D eigenvalue weighted by Crippen LogP contribution is -1.97. The van der Waals surface area contributed by atoms with Crippen LogP contribution in [0.2, 0.25) is 0 Å². The van der Waals surface area contributed by atoms with Gasteiger partial charge in [-0.2, -0.15) is 0 Å². The molecule has 0 spiro atoms. The van der Waals surface area contributed by atoms with E-state index in [1.54, 1.807) is 0 Å². The Morgan fingerprint density at radius 1 is 1.15 bits per heavy atom. The maximum Gasteiger partial charge on any atom is 0.201 e. The maximum atomic E-state index is 13.2. The Bertz CT molecular complexity index is 328. The van der Waals surface area contributed by atoms with Gasteiger partial charge >= 0.3 is 0 Å². The molecule has 0 saturated heterocycles. The maximum absolute atomic E-state index is 13.2. The summed E-state index contributed by atoms with van der Waals surface area (Å²) >= 11 is 2.85. The topological polar surface area (TPSA) is 18.5 Å². The lowest BCUT2D eigenvalue weighted by molar-refractivity contribution is 0.321. The molecule has 0 aliphatic heterocycles. The third kappa shape index (κ3) is 1.75. The van der Waals surface area contributed by atoms with E-state index in [0.717, 1.165) is 6.07 Å². The molecular weight excluding hydrogens is 246 g/mol. The molecule has 2 nitrogen and oxygen atoms in total. The van der Waals surface area contributed by atoms with Gasteiger partial charge in [-0.25, -0.2) is 8.78 Å². The van der Waals surface area contributed by atoms with E-state index in [4.69, 9.17) is 0 Å². The molecular formula is C8H7BrF2O2. The summed E-state index contributed by atoms with van der Waals surface area (Å²) in [5.41, 5.74) is 0. The van der Waals surface area contributed by atoms with Gasteiger partial charge in [0.1, 0.15) is 0 Å². The quantitative estimate of drug-likeness (QED) is 0.754. The van der Waals surface area contributed by atoms with Crippen LogP contribution in [0.4, 0.5) is 8.78 Å². The molecule has 0 saturated carbocycles. The summed E-state index contributed by atoms with van der Waals surface area (Å²) in [5.74, 6) is -1.83. The Morgan fingerprint density at radius 3 is 2.15 bits per heavy atom. The van der Waals surface area contributed by atoms with Crippen LogP contribution in [-0.2, 0) is 0 Å². The third-order valence-electron chi connectivity index (χ3n) is 1.49. The lowest BCUT2D eigenvalue weighted by Gasteiger charge is -2.09. The highest BCUT2D eigenvalue weighted by atomic mass is 79.9. The van der Waals surface area contributed by atoms with Crippen molar-refractivity contribution in [1.82, 2.24) is 0 Å². The Morgan fingerprint density at radius 2 is 1.69 bits per heavy atom. The number of halogens is 3. The van der Waals surface area contributed by atoms with Gasteiger partial charge in [0.15, 0.2) is 17.4 Å². The standard InChI is InChI=1S/C8H7BrF2O2/c1-12-7-5(10)3-4(9)6(11)8(7)13-2/h3H,1-2H3. The van der Waals surface area contributed by atoms with Gasteiger partial charge in [-0.1, -0.05) is 0 Å². The minimum Gasteiger partial charge on any atom is -0.490 e. The minimum atomic E-state index is -0.680. The normalized spacial score (nSPS) is 9.92. The van der Waals surface area contributed by atoms with Crippen molar-refractivity contribution in [3.05, 3.63) is 22.2 Å². The fourth-order valence-corrected chi connectivity index (χ4v) is 1.31. The van der Waals surface area contributed by atoms with E-state index in [1.807, 2.05) is 0 Å². The monoisotopic (exact) mass is 252 g/mol. The minimum absolute atomic E-state index is 0.00245. The molecule has 0 unspecified atom stereocenters. The van der Waals surface area contributed by atoms with Crippen LogP contribution in [0.15, 0.2) is 10.5 Å². The van der Waals surface area contributed by atoms with Gasteiger partial charge in [0.05, 0.1) is 18.7 Å². The first kappa shape index (κ1) is 10.2. The van der Waals surface area contributed by atoms with E-state index in [1.165, 1.54) is 14.2 Å². The summed E-state index contributed by atoms with van der Waals surface area (Å²) in [4.78, 5) is 0. The van der Waals surface area contributed by atoms with Gasteiger partial charge < -0.3 is 9.47 Å². The van der Waals surface area contributed by atoms with Crippen molar-refractivity contribution in [3.8, 4) is 11.5 Å². The van der Waals surface area contributed by atoms with Crippen LogP contribution < -0.4 is 9.47 Å². The van der Waals surface area contributed by atoms with Crippen molar-refractivity contribution in [2.45, 2.75) is 0 Å². The molecule has 0 heterocycles. The summed E-state index contributed by atoms with van der Waals surface area (Å²) < 4.78 is 35.6. The molecule has 72 valence electrons. The first-order valence-corrected chi connectivity index (χ1v) is 4.16. The number of ether oxygens (including phenoxy) is 2. The van der Waals surface area contributed by atoms with Gasteiger partial charge in [-0.05, 0) is 22.0 Å². The van der Waals surface area contributed by atoms with Crippen LogP contribution in [0.25, 0.3) is 0 Å². The van der Waals surface area contributed by atoms with Crippen molar-refractivity contribution in [3.63, 3.8) is 0 Å². The van der Waals surface area contributed by atoms with Crippen molar-refractivity contribution in [1.29, 1.82) is 0 Å². The Hall–Kier alpha value is -0.840. The van der Waals surface area contributed by atoms with Crippen LogP contribution in [0, 0.1) is 11.6 Å². The molecule has 1 rings (SSSR count). The van der Waals surface area contributed by atoms with Crippen molar-refractivity contribution >= 4 is 15.9 Å². The van der Waals surface area contributed by atoms with Gasteiger partial charge in [0, 0.05) is 0 Å². The molecule has 1 aromatic carbocycles. The second-order valence-electron chi connectivity index (χ2n) is 2.22. The zero-order valence-corrected chi connectivity index (χ0v) is 8.61. The fraction of sp³-hybridized carbons (Fsp3) is 0.250. The SMILES string of the molecule is COc1c(F)cc(Br)c(F)c1OC. The van der Waals surface area contributed by atoms with Crippen LogP contribution in [0.3, 0.4) is 0 Å². The van der Waals surface area contributed by atoms with Crippen molar-refractivity contribution < 1.29 is 18.3 Å². The molecule has 0 atom stereocenters. The zero-order chi connectivity index (χ0) is 10.0. The molecule has 0 aliphatic carbocycles. The van der Waals surface area contributed by atoms with Crippen molar-refractivity contribution in [2.24, 2.45) is 0 Å². The number of benzene rings is 1. The first-order valence-electron chi connectivity index (χ1n) is 3.37. The van der Waals surface area contributed by atoms with Crippen LogP contribution in [0.1, 0.15) is 0 Å². The van der Waals surface area contributed by atoms with Crippen molar-refractivity contribution in [2.75, 3.05) is 14.2 Å². The molecule has 0 aromatic heterocycles. The van der Waals surface area contributed by atoms with Gasteiger partial charge in [0.25, 0.3) is 0 Å². The van der Waals surface area contributed by atoms with E-state index < -0.39 is 11.6 Å². The second kappa shape index (κ2) is 3.91. The molecule has 1 aromatic rings. The van der Waals surface area contributed by atoms with E-state index in [2.05, 4.69) is 25.4 Å². The Labute approximate surface area is 82.6 Å². The van der Waals surface area contributed by atoms with Crippen LogP contribution >= 0.6 is 15.9 Å². The molecule has 0 N–H and O–H groups in total. The number of methoxy groups -OCH3 is 2. The number of rotatable bonds is 2. The van der Waals surface area contributed by atoms with E-state index >= 15 is 0 Å². The molecule has 0 bridgehead atoms. The summed E-state index contributed by atoms with van der Waals surface area (Å²) in [5, 5.41) is 0. The molecule has 5 heteroatoms. The molecule has 0 amide bonds. The molecule has 0 radical (unpaired) electrons. The predicted octanol–water partition coefficient (Wildman–Crippen LogP) is 2.74. The van der Waals surface area contributed by atoms with E-state index in [9.17, 15) is 8.78 Å². The summed E-state index contributed by atoms with van der Waals surface area (Å²) in [7, 11) is 2.49. The van der Waals surface area contributed by atoms with Crippen LogP contribution in [0.5, 0.6) is 11.5 Å². The summed E-state index contributed by atoms with van der Waals surface area (Å²) in [6.45, 7) is 0. The molecule has 13 heavy (non-hydrogen) atoms. The zero-order valence-electron chi connectivity index (χ0n) is 7.03. The smallest absolute Gasteiger partial charge is 0.201 e. The number of hydrogen-bond acceptors (Lipinski definition) is 2. The van der Waals surface area contributed by atoms with E-state index in [-0.39, 0.29) is 16.0 Å².